The Balaban J connectivity index is 0. The number of carbonyl (C=O) groups excluding carboxylic acids is 1. The molecule has 0 aliphatic heterocycles. The van der Waals surface area contributed by atoms with E-state index in [0.717, 1.165) is 18.5 Å². The lowest BCUT2D eigenvalue weighted by Gasteiger charge is -2.13. The Bertz CT molecular complexity index is 319. The van der Waals surface area contributed by atoms with E-state index >= 15 is 0 Å². The molecule has 6 nitrogen and oxygen atoms in total. The first-order valence-corrected chi connectivity index (χ1v) is 6.33. The van der Waals surface area contributed by atoms with Crippen molar-refractivity contribution in [2.75, 3.05) is 47.4 Å². The van der Waals surface area contributed by atoms with Crippen LogP contribution in [-0.4, -0.2) is 64.2 Å². The van der Waals surface area contributed by atoms with E-state index in [4.69, 9.17) is 4.74 Å². The van der Waals surface area contributed by atoms with Crippen LogP contribution in [0.25, 0.3) is 0 Å². The highest BCUT2D eigenvalue weighted by atomic mass is 127. The van der Waals surface area contributed by atoms with Gasteiger partial charge in [-0.15, -0.1) is 24.0 Å². The molecular formula is C13H27IN4O2. The van der Waals surface area contributed by atoms with Gasteiger partial charge in [0.2, 0.25) is 5.91 Å². The average Bonchev–Trinajstić information content (AvgIpc) is 2.35. The minimum Gasteiger partial charge on any atom is -0.385 e. The minimum absolute atomic E-state index is 0. The van der Waals surface area contributed by atoms with Crippen molar-refractivity contribution in [1.82, 2.24) is 15.5 Å². The molecule has 7 heteroatoms. The molecule has 0 heterocycles. The van der Waals surface area contributed by atoms with Gasteiger partial charge in [-0.2, -0.15) is 0 Å². The first-order chi connectivity index (χ1) is 8.97. The molecule has 0 saturated heterocycles. The fraction of sp³-hybridized carbons (Fsp3) is 0.692. The predicted octanol–water partition coefficient (Wildman–Crippen LogP) is 0.840. The third-order valence-corrected chi connectivity index (χ3v) is 2.25. The monoisotopic (exact) mass is 398 g/mol. The lowest BCUT2D eigenvalue weighted by Crippen LogP contribution is -2.39. The highest BCUT2D eigenvalue weighted by Gasteiger charge is 2.04. The summed E-state index contributed by atoms with van der Waals surface area (Å²) in [6.45, 7) is 7.94. The van der Waals surface area contributed by atoms with Gasteiger partial charge in [0.05, 0.1) is 0 Å². The third-order valence-electron chi connectivity index (χ3n) is 2.25. The molecule has 0 saturated carbocycles. The number of nitrogens with one attached hydrogen (secondary N) is 2. The van der Waals surface area contributed by atoms with Crippen molar-refractivity contribution >= 4 is 35.8 Å². The Morgan fingerprint density at radius 1 is 1.35 bits per heavy atom. The molecule has 0 atom stereocenters. The van der Waals surface area contributed by atoms with E-state index in [9.17, 15) is 4.79 Å². The van der Waals surface area contributed by atoms with E-state index in [-0.39, 0.29) is 36.4 Å². The van der Waals surface area contributed by atoms with Gasteiger partial charge in [-0.25, -0.2) is 4.99 Å². The Kier molecular flexibility index (Phi) is 14.1. The Labute approximate surface area is 139 Å². The smallest absolute Gasteiger partial charge is 0.243 e. The Hall–Kier alpha value is -0.830. The summed E-state index contributed by atoms with van der Waals surface area (Å²) in [4.78, 5) is 17.2. The van der Waals surface area contributed by atoms with Crippen molar-refractivity contribution in [3.05, 3.63) is 12.2 Å². The van der Waals surface area contributed by atoms with Gasteiger partial charge in [0, 0.05) is 40.9 Å². The molecule has 0 spiro atoms. The fourth-order valence-electron chi connectivity index (χ4n) is 1.12. The summed E-state index contributed by atoms with van der Waals surface area (Å²) in [6.07, 6.45) is 0.881. The maximum atomic E-state index is 11.5. The van der Waals surface area contributed by atoms with Gasteiger partial charge in [0.25, 0.3) is 0 Å². The predicted molar refractivity (Wildman–Crippen MR) is 93.7 cm³/mol. The topological polar surface area (TPSA) is 66.0 Å². The van der Waals surface area contributed by atoms with Crippen LogP contribution in [0.1, 0.15) is 13.3 Å². The molecule has 0 unspecified atom stereocenters. The van der Waals surface area contributed by atoms with Crippen molar-refractivity contribution in [2.24, 2.45) is 4.99 Å². The van der Waals surface area contributed by atoms with E-state index in [2.05, 4.69) is 22.2 Å². The second kappa shape index (κ2) is 13.2. The second-order valence-corrected chi connectivity index (χ2v) is 4.54. The van der Waals surface area contributed by atoms with Gasteiger partial charge in [0.15, 0.2) is 5.96 Å². The molecule has 20 heavy (non-hydrogen) atoms. The number of halogens is 1. The summed E-state index contributed by atoms with van der Waals surface area (Å²) in [5.74, 6) is 0.586. The first kappa shape index (κ1) is 21.5. The summed E-state index contributed by atoms with van der Waals surface area (Å²) in [5.41, 5.74) is 1.00. The summed E-state index contributed by atoms with van der Waals surface area (Å²) < 4.78 is 4.98. The minimum atomic E-state index is -0.0340. The number of hydrogen-bond acceptors (Lipinski definition) is 3. The molecule has 0 radical (unpaired) electrons. The van der Waals surface area contributed by atoms with Crippen molar-refractivity contribution in [3.8, 4) is 0 Å². The van der Waals surface area contributed by atoms with E-state index in [1.165, 1.54) is 4.90 Å². The van der Waals surface area contributed by atoms with E-state index in [1.807, 2.05) is 6.92 Å². The van der Waals surface area contributed by atoms with Gasteiger partial charge in [-0.1, -0.05) is 12.2 Å². The maximum Gasteiger partial charge on any atom is 0.243 e. The molecule has 2 N–H and O–H groups in total. The molecule has 118 valence electrons. The number of rotatable bonds is 8. The standard InChI is InChI=1S/C13H26N4O2.HI/c1-11(2)9-15-13(14-7-6-8-19-5)16-10-12(18)17(3)4;/h1,6-10H2,2-5H3,(H2,14,15,16);1H. The Morgan fingerprint density at radius 2 is 2.00 bits per heavy atom. The highest BCUT2D eigenvalue weighted by Crippen LogP contribution is 1.85. The summed E-state index contributed by atoms with van der Waals surface area (Å²) >= 11 is 0. The normalized spacial score (nSPS) is 10.5. The van der Waals surface area contributed by atoms with Crippen molar-refractivity contribution in [3.63, 3.8) is 0 Å². The van der Waals surface area contributed by atoms with E-state index < -0.39 is 0 Å². The molecule has 0 bridgehead atoms. The average molecular weight is 398 g/mol. The molecule has 0 aromatic heterocycles. The summed E-state index contributed by atoms with van der Waals surface area (Å²) in [5, 5.41) is 6.27. The van der Waals surface area contributed by atoms with E-state index in [0.29, 0.717) is 19.1 Å². The molecule has 0 aliphatic carbocycles. The lowest BCUT2D eigenvalue weighted by atomic mass is 10.3. The zero-order valence-electron chi connectivity index (χ0n) is 12.9. The van der Waals surface area contributed by atoms with Gasteiger partial charge in [0.1, 0.15) is 6.54 Å². The number of carbonyl (C=O) groups is 1. The number of nitrogens with zero attached hydrogens (tertiary/aromatic N) is 2. The number of aliphatic imine (C=N–C) groups is 1. The second-order valence-electron chi connectivity index (χ2n) is 4.54. The van der Waals surface area contributed by atoms with Crippen LogP contribution in [0.15, 0.2) is 17.1 Å². The molecule has 0 aromatic carbocycles. The van der Waals surface area contributed by atoms with E-state index in [1.54, 1.807) is 21.2 Å². The number of guanidine groups is 1. The number of hydrogen-bond donors (Lipinski definition) is 2. The first-order valence-electron chi connectivity index (χ1n) is 6.33. The van der Waals surface area contributed by atoms with Gasteiger partial charge in [-0.05, 0) is 13.3 Å². The fourth-order valence-corrected chi connectivity index (χ4v) is 1.12. The number of methoxy groups -OCH3 is 1. The SMILES string of the molecule is C=C(C)CNC(=NCC(=O)N(C)C)NCCCOC.I. The van der Waals surface area contributed by atoms with Crippen LogP contribution in [0.2, 0.25) is 0 Å². The van der Waals surface area contributed by atoms with Gasteiger partial charge >= 0.3 is 0 Å². The van der Waals surface area contributed by atoms with Crippen LogP contribution >= 0.6 is 24.0 Å². The van der Waals surface area contributed by atoms with Gasteiger partial charge < -0.3 is 20.3 Å². The zero-order valence-corrected chi connectivity index (χ0v) is 15.2. The number of ether oxygens (including phenoxy) is 1. The van der Waals surface area contributed by atoms with Crippen LogP contribution in [0.5, 0.6) is 0 Å². The lowest BCUT2D eigenvalue weighted by molar-refractivity contribution is -0.127. The number of likely N-dealkylation sites (N-methyl/N-ethyl adjacent to an activating group) is 1. The van der Waals surface area contributed by atoms with Crippen molar-refractivity contribution in [1.29, 1.82) is 0 Å². The largest absolute Gasteiger partial charge is 0.385 e. The molecule has 1 amide bonds. The molecule has 0 rings (SSSR count). The molecule has 0 aliphatic rings. The Morgan fingerprint density at radius 3 is 2.50 bits per heavy atom. The van der Waals surface area contributed by atoms with Crippen LogP contribution < -0.4 is 10.6 Å². The molecular weight excluding hydrogens is 371 g/mol. The van der Waals surface area contributed by atoms with Crippen molar-refractivity contribution < 1.29 is 9.53 Å². The molecule has 0 aromatic rings. The van der Waals surface area contributed by atoms with Crippen LogP contribution in [0.3, 0.4) is 0 Å². The van der Waals surface area contributed by atoms with Crippen LogP contribution in [0.4, 0.5) is 0 Å². The molecule has 0 fully saturated rings. The zero-order chi connectivity index (χ0) is 14.7. The summed E-state index contributed by atoms with van der Waals surface area (Å²) in [6, 6.07) is 0. The van der Waals surface area contributed by atoms with Gasteiger partial charge in [-0.3, -0.25) is 4.79 Å². The number of amides is 1. The van der Waals surface area contributed by atoms with Crippen LogP contribution in [-0.2, 0) is 9.53 Å². The maximum absolute atomic E-state index is 11.5. The van der Waals surface area contributed by atoms with Crippen molar-refractivity contribution in [2.45, 2.75) is 13.3 Å². The quantitative estimate of drug-likeness (QED) is 0.209. The van der Waals surface area contributed by atoms with Crippen LogP contribution in [0, 0.1) is 0 Å². The third kappa shape index (κ3) is 12.2. The summed E-state index contributed by atoms with van der Waals surface area (Å²) in [7, 11) is 5.10. The highest BCUT2D eigenvalue weighted by molar-refractivity contribution is 14.0.